The molecule has 0 radical (unpaired) electrons. The quantitative estimate of drug-likeness (QED) is 0.123. The molecule has 0 saturated heterocycles. The van der Waals surface area contributed by atoms with E-state index in [1.165, 1.54) is 18.3 Å². The summed E-state index contributed by atoms with van der Waals surface area (Å²) in [5.41, 5.74) is 18.3. The first kappa shape index (κ1) is 33.3. The fourth-order valence-corrected chi connectivity index (χ4v) is 5.13. The number of thiol groups is 1. The summed E-state index contributed by atoms with van der Waals surface area (Å²) in [4.78, 5) is 31.0. The van der Waals surface area contributed by atoms with Crippen LogP contribution in [0.2, 0.25) is 0 Å². The van der Waals surface area contributed by atoms with Crippen LogP contribution in [0.1, 0.15) is 29.2 Å². The van der Waals surface area contributed by atoms with Crippen molar-refractivity contribution in [2.75, 3.05) is 45.1 Å². The second-order valence-electron chi connectivity index (χ2n) is 10.6. The highest BCUT2D eigenvalue weighted by Gasteiger charge is 2.33. The number of nitrogens with two attached hydrogens (primary N) is 3. The molecule has 2 amide bonds. The van der Waals surface area contributed by atoms with E-state index >= 15 is 0 Å². The first-order valence-corrected chi connectivity index (χ1v) is 14.2. The van der Waals surface area contributed by atoms with Crippen molar-refractivity contribution in [2.24, 2.45) is 17.2 Å². The maximum absolute atomic E-state index is 13.5. The number of quaternary nitrogens is 1. The van der Waals surface area contributed by atoms with Crippen molar-refractivity contribution >= 4 is 41.0 Å². The molecule has 2 aromatic carbocycles. The Morgan fingerprint density at radius 1 is 1.00 bits per heavy atom. The van der Waals surface area contributed by atoms with Crippen molar-refractivity contribution in [3.05, 3.63) is 71.9 Å². The molecule has 228 valence electrons. The average molecular weight is 607 g/mol. The Morgan fingerprint density at radius 2 is 1.64 bits per heavy atom. The normalized spacial score (nSPS) is 14.3. The number of fused-ring (bicyclic) bond motifs is 1. The third-order valence-corrected chi connectivity index (χ3v) is 7.82. The number of alkyl halides is 3. The van der Waals surface area contributed by atoms with E-state index in [1.54, 1.807) is 6.07 Å². The summed E-state index contributed by atoms with van der Waals surface area (Å²) in [6.45, 7) is 3.19. The molecule has 1 heterocycles. The summed E-state index contributed by atoms with van der Waals surface area (Å²) in [6, 6.07) is 11.2. The lowest BCUT2D eigenvalue weighted by atomic mass is 10.0. The van der Waals surface area contributed by atoms with Gasteiger partial charge >= 0.3 is 6.18 Å². The maximum atomic E-state index is 13.5. The number of carbonyl (C=O) groups excluding carboxylic acids is 2. The van der Waals surface area contributed by atoms with Gasteiger partial charge in [-0.2, -0.15) is 25.8 Å². The van der Waals surface area contributed by atoms with Gasteiger partial charge in [0.2, 0.25) is 11.8 Å². The minimum Gasteiger partial charge on any atom is -0.342 e. The van der Waals surface area contributed by atoms with E-state index in [-0.39, 0.29) is 0 Å². The van der Waals surface area contributed by atoms with E-state index in [4.69, 9.17) is 17.2 Å². The zero-order valence-corrected chi connectivity index (χ0v) is 24.4. The van der Waals surface area contributed by atoms with Gasteiger partial charge in [-0.1, -0.05) is 30.3 Å². The lowest BCUT2D eigenvalue weighted by Gasteiger charge is -2.34. The van der Waals surface area contributed by atoms with Crippen LogP contribution in [0.4, 0.5) is 18.9 Å². The number of carbonyl (C=O) groups is 2. The van der Waals surface area contributed by atoms with Gasteiger partial charge in [0.05, 0.1) is 60.9 Å². The standard InChI is InChI=1S/C29H38F3N7O2S/c1-39(15-12-33,16-13-34)14-4-6-23(35)27(40)38-25(26(42)19-8-10-21(11-9-19)29(30,31)32)28(41)37-22-17-20-5-2-3-7-24(20)36-18-22/h2-3,5,7-11,17-18,23,25-26H,4,6,12-16,33-35H2,1H3,(H2-,37,38,40,41,42)/p+1/t23?,25?,26-/m1/s1. The lowest BCUT2D eigenvalue weighted by molar-refractivity contribution is -0.907. The smallest absolute Gasteiger partial charge is 0.342 e. The Kier molecular flexibility index (Phi) is 11.7. The van der Waals surface area contributed by atoms with Crippen molar-refractivity contribution in [1.82, 2.24) is 10.3 Å². The highest BCUT2D eigenvalue weighted by Crippen LogP contribution is 2.32. The summed E-state index contributed by atoms with van der Waals surface area (Å²) >= 11 is 4.54. The van der Waals surface area contributed by atoms with Crippen LogP contribution in [0.3, 0.4) is 0 Å². The van der Waals surface area contributed by atoms with E-state index in [1.807, 2.05) is 31.3 Å². The number of anilines is 1. The number of hydrogen-bond acceptors (Lipinski definition) is 7. The van der Waals surface area contributed by atoms with Crippen LogP contribution < -0.4 is 27.8 Å². The second-order valence-corrected chi connectivity index (χ2v) is 11.1. The molecule has 3 aromatic rings. The molecule has 13 heteroatoms. The van der Waals surface area contributed by atoms with Gasteiger partial charge in [0.25, 0.3) is 0 Å². The number of hydrogen-bond donors (Lipinski definition) is 6. The SMILES string of the molecule is C[N+](CCN)(CCN)CCCC(N)C(=O)NC(C(=O)Nc1cnc2ccccc2c1)[C@H](S)c1ccc(C(F)(F)F)cc1. The Hall–Kier alpha value is -3.23. The number of halogens is 3. The number of amides is 2. The van der Waals surface area contributed by atoms with Crippen molar-refractivity contribution in [3.63, 3.8) is 0 Å². The second kappa shape index (κ2) is 14.8. The van der Waals surface area contributed by atoms with Gasteiger partial charge in [-0.3, -0.25) is 14.6 Å². The topological polar surface area (TPSA) is 149 Å². The number of aromatic nitrogens is 1. The number of pyridine rings is 1. The molecule has 0 aliphatic carbocycles. The molecule has 3 atom stereocenters. The zero-order chi connectivity index (χ0) is 30.9. The summed E-state index contributed by atoms with van der Waals surface area (Å²) in [5.74, 6) is -1.20. The van der Waals surface area contributed by atoms with Crippen molar-refractivity contribution in [1.29, 1.82) is 0 Å². The van der Waals surface area contributed by atoms with Crippen LogP contribution in [0, 0.1) is 0 Å². The number of nitrogens with one attached hydrogen (secondary N) is 2. The molecule has 0 aliphatic rings. The molecule has 0 spiro atoms. The number of nitrogens with zero attached hydrogens (tertiary/aromatic N) is 2. The van der Waals surface area contributed by atoms with Crippen LogP contribution >= 0.6 is 12.6 Å². The maximum Gasteiger partial charge on any atom is 0.416 e. The van der Waals surface area contributed by atoms with Gasteiger partial charge in [0.1, 0.15) is 6.04 Å². The number of para-hydroxylation sites is 1. The van der Waals surface area contributed by atoms with E-state index in [9.17, 15) is 22.8 Å². The summed E-state index contributed by atoms with van der Waals surface area (Å²) < 4.78 is 40.0. The van der Waals surface area contributed by atoms with Crippen molar-refractivity contribution in [2.45, 2.75) is 36.4 Å². The average Bonchev–Trinajstić information content (AvgIpc) is 2.95. The van der Waals surface area contributed by atoms with E-state index in [0.29, 0.717) is 41.7 Å². The van der Waals surface area contributed by atoms with E-state index in [2.05, 4.69) is 28.2 Å². The molecule has 3 rings (SSSR count). The molecule has 0 saturated carbocycles. The van der Waals surface area contributed by atoms with Crippen LogP contribution in [0.5, 0.6) is 0 Å². The summed E-state index contributed by atoms with van der Waals surface area (Å²) in [6.07, 6.45) is -2.08. The first-order chi connectivity index (χ1) is 19.9. The monoisotopic (exact) mass is 606 g/mol. The van der Waals surface area contributed by atoms with E-state index in [0.717, 1.165) is 42.7 Å². The Bertz CT molecular complexity index is 1330. The molecular formula is C29H39F3N7O2S+. The first-order valence-electron chi connectivity index (χ1n) is 13.7. The zero-order valence-electron chi connectivity index (χ0n) is 23.5. The molecule has 9 nitrogen and oxygen atoms in total. The molecule has 8 N–H and O–H groups in total. The fourth-order valence-electron chi connectivity index (χ4n) is 4.75. The van der Waals surface area contributed by atoms with Crippen molar-refractivity contribution in [3.8, 4) is 0 Å². The van der Waals surface area contributed by atoms with Gasteiger partial charge in [-0.25, -0.2) is 0 Å². The minimum absolute atomic E-state index is 0.314. The minimum atomic E-state index is -4.52. The fraction of sp³-hybridized carbons (Fsp3) is 0.414. The van der Waals surface area contributed by atoms with Gasteiger partial charge in [-0.15, -0.1) is 0 Å². The third kappa shape index (κ3) is 9.13. The van der Waals surface area contributed by atoms with Crippen LogP contribution in [0.25, 0.3) is 10.9 Å². The van der Waals surface area contributed by atoms with Gasteiger partial charge in [0.15, 0.2) is 0 Å². The number of rotatable bonds is 14. The predicted octanol–water partition coefficient (Wildman–Crippen LogP) is 2.82. The van der Waals surface area contributed by atoms with Gasteiger partial charge in [0, 0.05) is 18.5 Å². The number of benzene rings is 2. The molecule has 0 bridgehead atoms. The lowest BCUT2D eigenvalue weighted by Crippen LogP contribution is -2.53. The molecule has 42 heavy (non-hydrogen) atoms. The highest BCUT2D eigenvalue weighted by molar-refractivity contribution is 7.80. The van der Waals surface area contributed by atoms with Gasteiger partial charge < -0.3 is 32.3 Å². The predicted molar refractivity (Wildman–Crippen MR) is 162 cm³/mol. The Morgan fingerprint density at radius 3 is 2.26 bits per heavy atom. The largest absolute Gasteiger partial charge is 0.416 e. The Balaban J connectivity index is 1.77. The highest BCUT2D eigenvalue weighted by atomic mass is 32.1. The van der Waals surface area contributed by atoms with Crippen LogP contribution in [-0.2, 0) is 15.8 Å². The Labute approximate surface area is 249 Å². The molecule has 0 aliphatic heterocycles. The molecular weight excluding hydrogens is 567 g/mol. The van der Waals surface area contributed by atoms with Crippen LogP contribution in [0.15, 0.2) is 60.8 Å². The molecule has 0 fully saturated rings. The molecule has 2 unspecified atom stereocenters. The summed E-state index contributed by atoms with van der Waals surface area (Å²) in [5, 5.41) is 5.23. The van der Waals surface area contributed by atoms with E-state index < -0.39 is 40.9 Å². The van der Waals surface area contributed by atoms with Crippen LogP contribution in [-0.4, -0.2) is 73.1 Å². The van der Waals surface area contributed by atoms with Gasteiger partial charge in [-0.05, 0) is 42.7 Å². The third-order valence-electron chi connectivity index (χ3n) is 7.22. The number of likely N-dealkylation sites (N-methyl/N-ethyl adjacent to an activating group) is 1. The van der Waals surface area contributed by atoms with Crippen molar-refractivity contribution < 1.29 is 27.2 Å². The molecule has 1 aromatic heterocycles. The summed E-state index contributed by atoms with van der Waals surface area (Å²) in [7, 11) is 2.04.